The van der Waals surface area contributed by atoms with Crippen molar-refractivity contribution in [2.75, 3.05) is 45.2 Å². The van der Waals surface area contributed by atoms with E-state index in [1.807, 2.05) is 26.4 Å². The molecule has 0 amide bonds. The topological polar surface area (TPSA) is 52.6 Å². The zero-order chi connectivity index (χ0) is 19.2. The summed E-state index contributed by atoms with van der Waals surface area (Å²) in [4.78, 5) is 27.5. The maximum atomic E-state index is 11.3. The zero-order valence-electron chi connectivity index (χ0n) is 16.8. The van der Waals surface area contributed by atoms with Gasteiger partial charge in [-0.05, 0) is 39.9 Å². The molecule has 0 spiro atoms. The Hall–Kier alpha value is -1.97. The monoisotopic (exact) mass is 369 g/mol. The fourth-order valence-corrected chi connectivity index (χ4v) is 4.04. The second-order valence-corrected chi connectivity index (χ2v) is 7.82. The number of hydrogen-bond acceptors (Lipinski definition) is 6. The van der Waals surface area contributed by atoms with Gasteiger partial charge < -0.3 is 9.80 Å². The van der Waals surface area contributed by atoms with Crippen LogP contribution in [0, 0.1) is 11.8 Å². The lowest BCUT2D eigenvalue weighted by Crippen LogP contribution is -2.53. The number of carbonyl (C=O) groups is 1. The van der Waals surface area contributed by atoms with Crippen molar-refractivity contribution in [1.29, 1.82) is 0 Å². The van der Waals surface area contributed by atoms with Gasteiger partial charge in [0.2, 0.25) is 5.95 Å². The molecule has 2 aliphatic heterocycles. The summed E-state index contributed by atoms with van der Waals surface area (Å²) in [7, 11) is 4.23. The molecule has 146 valence electrons. The number of rotatable bonds is 7. The third-order valence-electron chi connectivity index (χ3n) is 5.51. The highest BCUT2D eigenvalue weighted by Crippen LogP contribution is 2.32. The molecule has 0 aromatic carbocycles. The number of ketones is 1. The van der Waals surface area contributed by atoms with Gasteiger partial charge in [-0.3, -0.25) is 9.69 Å². The molecule has 2 fully saturated rings. The Morgan fingerprint density at radius 2 is 1.93 bits per heavy atom. The van der Waals surface area contributed by atoms with Crippen LogP contribution in [0.3, 0.4) is 0 Å². The first-order valence-corrected chi connectivity index (χ1v) is 10.0. The highest BCUT2D eigenvalue weighted by molar-refractivity contribution is 5.77. The maximum absolute atomic E-state index is 11.3. The smallest absolute Gasteiger partial charge is 0.225 e. The number of Topliss-reactive ketones (excluding diaryl/α,β-unsaturated/α-hetero) is 1. The first-order chi connectivity index (χ1) is 13.1. The van der Waals surface area contributed by atoms with E-state index in [0.717, 1.165) is 37.6 Å². The molecule has 2 saturated heterocycles. The molecule has 1 aromatic rings. The molecule has 2 unspecified atom stereocenters. The minimum atomic E-state index is 0.334. The van der Waals surface area contributed by atoms with Crippen molar-refractivity contribution in [3.05, 3.63) is 18.0 Å². The van der Waals surface area contributed by atoms with Gasteiger partial charge >= 0.3 is 0 Å². The van der Waals surface area contributed by atoms with Crippen LogP contribution in [-0.4, -0.2) is 77.9 Å². The third-order valence-corrected chi connectivity index (χ3v) is 5.51. The molecule has 0 saturated carbocycles. The highest BCUT2D eigenvalue weighted by atomic mass is 16.1. The van der Waals surface area contributed by atoms with Crippen LogP contribution >= 0.6 is 0 Å². The predicted octanol–water partition coefficient (Wildman–Crippen LogP) is 1.80. The Bertz CT molecular complexity index is 679. The molecule has 0 radical (unpaired) electrons. The van der Waals surface area contributed by atoms with Crippen LogP contribution < -0.4 is 4.90 Å². The van der Waals surface area contributed by atoms with E-state index in [9.17, 15) is 4.79 Å². The number of likely N-dealkylation sites (N-methyl/N-ethyl adjacent to an activating group) is 1. The van der Waals surface area contributed by atoms with Gasteiger partial charge in [0.25, 0.3) is 0 Å². The lowest BCUT2D eigenvalue weighted by molar-refractivity contribution is -0.118. The Morgan fingerprint density at radius 3 is 2.56 bits per heavy atom. The van der Waals surface area contributed by atoms with E-state index in [-0.39, 0.29) is 0 Å². The van der Waals surface area contributed by atoms with Gasteiger partial charge in [-0.2, -0.15) is 0 Å². The minimum Gasteiger partial charge on any atom is -0.332 e. The van der Waals surface area contributed by atoms with Crippen molar-refractivity contribution in [3.8, 4) is 11.8 Å². The normalized spacial score (nSPS) is 22.0. The van der Waals surface area contributed by atoms with Crippen molar-refractivity contribution >= 4 is 11.7 Å². The quantitative estimate of drug-likeness (QED) is 0.683. The Balaban J connectivity index is 1.49. The number of likely N-dealkylation sites (tertiary alicyclic amines) is 1. The molecular weight excluding hydrogens is 338 g/mol. The number of carbonyl (C=O) groups excluding carboxylic acids is 1. The van der Waals surface area contributed by atoms with Crippen LogP contribution in [-0.2, 0) is 4.79 Å². The van der Waals surface area contributed by atoms with Crippen LogP contribution in [0.2, 0.25) is 0 Å². The standard InChI is InChI=1S/C21H31N5O/c1-4-20(27)8-6-12-24(2)11-5-7-17-13-22-21(23-14-17)26-18-9-10-19(26)16-25(3)15-18/h13-14,18-19H,4,6,8-12,15-16H2,1-3H3. The zero-order valence-corrected chi connectivity index (χ0v) is 16.8. The molecule has 2 aliphatic rings. The summed E-state index contributed by atoms with van der Waals surface area (Å²) in [5, 5.41) is 0. The number of aromatic nitrogens is 2. The molecule has 27 heavy (non-hydrogen) atoms. The lowest BCUT2D eigenvalue weighted by atomic mass is 10.2. The molecule has 6 heteroatoms. The van der Waals surface area contributed by atoms with Crippen molar-refractivity contribution in [3.63, 3.8) is 0 Å². The first kappa shape index (κ1) is 19.8. The predicted molar refractivity (Wildman–Crippen MR) is 108 cm³/mol. The second kappa shape index (κ2) is 9.29. The second-order valence-electron chi connectivity index (χ2n) is 7.82. The summed E-state index contributed by atoms with van der Waals surface area (Å²) in [6, 6.07) is 1.08. The van der Waals surface area contributed by atoms with E-state index in [1.165, 1.54) is 12.8 Å². The minimum absolute atomic E-state index is 0.334. The molecule has 3 heterocycles. The van der Waals surface area contributed by atoms with Crippen LogP contribution in [0.15, 0.2) is 12.4 Å². The Kier molecular flexibility index (Phi) is 6.81. The van der Waals surface area contributed by atoms with Crippen LogP contribution in [0.4, 0.5) is 5.95 Å². The molecule has 6 nitrogen and oxygen atoms in total. The van der Waals surface area contributed by atoms with E-state index >= 15 is 0 Å². The van der Waals surface area contributed by atoms with E-state index in [2.05, 4.69) is 43.6 Å². The molecule has 2 atom stereocenters. The summed E-state index contributed by atoms with van der Waals surface area (Å²) in [6.07, 6.45) is 8.34. The van der Waals surface area contributed by atoms with Crippen molar-refractivity contribution < 1.29 is 4.79 Å². The van der Waals surface area contributed by atoms with E-state index in [1.54, 1.807) is 0 Å². The number of hydrogen-bond donors (Lipinski definition) is 0. The Morgan fingerprint density at radius 1 is 1.26 bits per heavy atom. The lowest BCUT2D eigenvalue weighted by Gasteiger charge is -2.39. The fourth-order valence-electron chi connectivity index (χ4n) is 4.04. The summed E-state index contributed by atoms with van der Waals surface area (Å²) < 4.78 is 0. The largest absolute Gasteiger partial charge is 0.332 e. The third kappa shape index (κ3) is 5.27. The van der Waals surface area contributed by atoms with Crippen molar-refractivity contribution in [2.24, 2.45) is 0 Å². The van der Waals surface area contributed by atoms with Gasteiger partial charge in [-0.1, -0.05) is 18.8 Å². The number of nitrogens with zero attached hydrogens (tertiary/aromatic N) is 5. The summed E-state index contributed by atoms with van der Waals surface area (Å²) in [5.41, 5.74) is 0.856. The fraction of sp³-hybridized carbons (Fsp3) is 0.667. The van der Waals surface area contributed by atoms with Crippen LogP contribution in [0.1, 0.15) is 44.6 Å². The van der Waals surface area contributed by atoms with Gasteiger partial charge in [0.1, 0.15) is 5.78 Å². The van der Waals surface area contributed by atoms with Crippen molar-refractivity contribution in [2.45, 2.75) is 51.1 Å². The maximum Gasteiger partial charge on any atom is 0.225 e. The van der Waals surface area contributed by atoms with E-state index < -0.39 is 0 Å². The number of anilines is 1. The van der Waals surface area contributed by atoms with E-state index in [4.69, 9.17) is 0 Å². The van der Waals surface area contributed by atoms with Crippen molar-refractivity contribution in [1.82, 2.24) is 19.8 Å². The van der Waals surface area contributed by atoms with E-state index in [0.29, 0.717) is 37.3 Å². The molecular formula is C21H31N5O. The van der Waals surface area contributed by atoms with Gasteiger partial charge in [0.15, 0.2) is 0 Å². The summed E-state index contributed by atoms with van der Waals surface area (Å²) >= 11 is 0. The number of fused-ring (bicyclic) bond motifs is 2. The molecule has 0 aliphatic carbocycles. The summed E-state index contributed by atoms with van der Waals surface area (Å²) in [6.45, 7) is 5.68. The molecule has 0 N–H and O–H groups in total. The molecule has 1 aromatic heterocycles. The summed E-state index contributed by atoms with van der Waals surface area (Å²) in [5.74, 6) is 7.51. The molecule has 2 bridgehead atoms. The van der Waals surface area contributed by atoms with Gasteiger partial charge in [-0.15, -0.1) is 0 Å². The van der Waals surface area contributed by atoms with Gasteiger partial charge in [0, 0.05) is 50.4 Å². The Labute approximate surface area is 163 Å². The van der Waals surface area contributed by atoms with Crippen LogP contribution in [0.25, 0.3) is 0 Å². The number of piperazine rings is 1. The molecule has 3 rings (SSSR count). The average molecular weight is 370 g/mol. The highest BCUT2D eigenvalue weighted by Gasteiger charge is 2.39. The van der Waals surface area contributed by atoms with Gasteiger partial charge in [-0.25, -0.2) is 9.97 Å². The SMILES string of the molecule is CCC(=O)CCCN(C)CC#Cc1cnc(N2C3CCC2CN(C)C3)nc1. The first-order valence-electron chi connectivity index (χ1n) is 10.0. The van der Waals surface area contributed by atoms with Gasteiger partial charge in [0.05, 0.1) is 12.1 Å². The average Bonchev–Trinajstić information content (AvgIpc) is 2.93. The van der Waals surface area contributed by atoms with Crippen LogP contribution in [0.5, 0.6) is 0 Å².